The lowest BCUT2D eigenvalue weighted by Gasteiger charge is -2.29. The average Bonchev–Trinajstić information content (AvgIpc) is 3.09. The fourth-order valence-electron chi connectivity index (χ4n) is 3.42. The molecule has 2 heteroatoms. The Hall–Kier alpha value is -0.0800. The highest BCUT2D eigenvalue weighted by atomic mass is 16.6. The van der Waals surface area contributed by atoms with Gasteiger partial charge in [-0.3, -0.25) is 0 Å². The number of hydrogen-bond donors (Lipinski definition) is 0. The van der Waals surface area contributed by atoms with Crippen LogP contribution in [0.5, 0.6) is 0 Å². The van der Waals surface area contributed by atoms with Crippen LogP contribution in [0.4, 0.5) is 0 Å². The number of ether oxygens (including phenoxy) is 2. The number of unbranched alkanes of at least 4 members (excludes halogenated alkanes) is 1. The van der Waals surface area contributed by atoms with Gasteiger partial charge in [0.15, 0.2) is 0 Å². The maximum Gasteiger partial charge on any atom is 0.0920 e. The lowest BCUT2D eigenvalue weighted by Crippen LogP contribution is -2.30. The number of rotatable bonds is 8. The molecule has 5 atom stereocenters. The molecule has 0 spiro atoms. The summed E-state index contributed by atoms with van der Waals surface area (Å²) in [4.78, 5) is 0. The molecule has 19 heavy (non-hydrogen) atoms. The summed E-state index contributed by atoms with van der Waals surface area (Å²) in [6.45, 7) is 10.0. The molecule has 0 aromatic rings. The maximum atomic E-state index is 6.18. The second-order valence-corrected chi connectivity index (χ2v) is 6.91. The van der Waals surface area contributed by atoms with E-state index in [1.165, 1.54) is 44.9 Å². The van der Waals surface area contributed by atoms with Crippen molar-refractivity contribution >= 4 is 0 Å². The molecule has 0 bridgehead atoms. The van der Waals surface area contributed by atoms with Crippen LogP contribution in [0.15, 0.2) is 0 Å². The topological polar surface area (TPSA) is 21.8 Å². The van der Waals surface area contributed by atoms with Crippen LogP contribution in [-0.4, -0.2) is 24.4 Å². The molecule has 1 saturated carbocycles. The van der Waals surface area contributed by atoms with Gasteiger partial charge in [-0.05, 0) is 51.4 Å². The van der Waals surface area contributed by atoms with Crippen LogP contribution >= 0.6 is 0 Å². The Labute approximate surface area is 119 Å². The molecular weight excluding hydrogens is 236 g/mol. The first kappa shape index (κ1) is 15.3. The first-order valence-corrected chi connectivity index (χ1v) is 8.38. The van der Waals surface area contributed by atoms with Crippen LogP contribution in [-0.2, 0) is 9.47 Å². The van der Waals surface area contributed by atoms with E-state index in [1.807, 2.05) is 0 Å². The fraction of sp³-hybridized carbons (Fsp3) is 1.00. The molecule has 2 fully saturated rings. The molecule has 1 aliphatic heterocycles. The first-order chi connectivity index (χ1) is 9.09. The summed E-state index contributed by atoms with van der Waals surface area (Å²) in [5, 5.41) is 0. The molecule has 1 aliphatic carbocycles. The summed E-state index contributed by atoms with van der Waals surface area (Å²) in [5.41, 5.74) is 0.239. The summed E-state index contributed by atoms with van der Waals surface area (Å²) in [6.07, 6.45) is 9.87. The average molecular weight is 268 g/mol. The number of epoxide rings is 1. The van der Waals surface area contributed by atoms with Crippen molar-refractivity contribution in [2.75, 3.05) is 6.61 Å². The Bertz CT molecular complexity index is 278. The molecule has 0 aromatic carbocycles. The third-order valence-electron chi connectivity index (χ3n) is 5.37. The molecule has 2 nitrogen and oxygen atoms in total. The highest BCUT2D eigenvalue weighted by Crippen LogP contribution is 2.50. The lowest BCUT2D eigenvalue weighted by molar-refractivity contribution is -0.00705. The minimum atomic E-state index is 0.239. The van der Waals surface area contributed by atoms with Crippen molar-refractivity contribution in [2.45, 2.75) is 90.4 Å². The minimum Gasteiger partial charge on any atom is -0.378 e. The standard InChI is InChI=1S/C17H32O2/c1-5-7-8-14(6-2)12-18-13(3)15-9-10-17(4)16(11-15)19-17/h13-16H,5-12H2,1-4H3. The molecule has 0 radical (unpaired) electrons. The van der Waals surface area contributed by atoms with Crippen LogP contribution in [0.1, 0.15) is 72.6 Å². The van der Waals surface area contributed by atoms with E-state index < -0.39 is 0 Å². The second kappa shape index (κ2) is 6.58. The van der Waals surface area contributed by atoms with E-state index in [4.69, 9.17) is 9.47 Å². The third-order valence-corrected chi connectivity index (χ3v) is 5.37. The molecule has 0 N–H and O–H groups in total. The van der Waals surface area contributed by atoms with E-state index >= 15 is 0 Å². The van der Waals surface area contributed by atoms with Gasteiger partial charge >= 0.3 is 0 Å². The van der Waals surface area contributed by atoms with Crippen LogP contribution in [0.2, 0.25) is 0 Å². The molecule has 0 amide bonds. The number of hydrogen-bond acceptors (Lipinski definition) is 2. The van der Waals surface area contributed by atoms with Crippen molar-refractivity contribution in [3.05, 3.63) is 0 Å². The molecule has 112 valence electrons. The van der Waals surface area contributed by atoms with E-state index in [2.05, 4.69) is 27.7 Å². The molecule has 1 heterocycles. The summed E-state index contributed by atoms with van der Waals surface area (Å²) in [5.74, 6) is 1.47. The predicted molar refractivity (Wildman–Crippen MR) is 79.3 cm³/mol. The van der Waals surface area contributed by atoms with E-state index in [1.54, 1.807) is 0 Å². The Morgan fingerprint density at radius 1 is 1.37 bits per heavy atom. The van der Waals surface area contributed by atoms with Crippen LogP contribution in [0.25, 0.3) is 0 Å². The second-order valence-electron chi connectivity index (χ2n) is 6.91. The molecule has 5 unspecified atom stereocenters. The fourth-order valence-corrected chi connectivity index (χ4v) is 3.42. The van der Waals surface area contributed by atoms with Gasteiger partial charge < -0.3 is 9.47 Å². The molecular formula is C17H32O2. The largest absolute Gasteiger partial charge is 0.378 e. The maximum absolute atomic E-state index is 6.18. The van der Waals surface area contributed by atoms with Crippen LogP contribution in [0.3, 0.4) is 0 Å². The Morgan fingerprint density at radius 2 is 2.16 bits per heavy atom. The first-order valence-electron chi connectivity index (χ1n) is 8.38. The Balaban J connectivity index is 1.67. The van der Waals surface area contributed by atoms with Crippen molar-refractivity contribution in [2.24, 2.45) is 11.8 Å². The zero-order valence-electron chi connectivity index (χ0n) is 13.3. The van der Waals surface area contributed by atoms with Crippen molar-refractivity contribution in [3.63, 3.8) is 0 Å². The highest BCUT2D eigenvalue weighted by Gasteiger charge is 2.55. The summed E-state index contributed by atoms with van der Waals surface area (Å²) >= 11 is 0. The van der Waals surface area contributed by atoms with Gasteiger partial charge in [0.25, 0.3) is 0 Å². The van der Waals surface area contributed by atoms with E-state index in [0.29, 0.717) is 18.1 Å². The van der Waals surface area contributed by atoms with Gasteiger partial charge in [0.2, 0.25) is 0 Å². The molecule has 2 rings (SSSR count). The van der Waals surface area contributed by atoms with Crippen LogP contribution in [0, 0.1) is 11.8 Å². The van der Waals surface area contributed by atoms with E-state index in [9.17, 15) is 0 Å². The SMILES string of the molecule is CCCCC(CC)COC(C)C1CCC2(C)OC2C1. The van der Waals surface area contributed by atoms with Crippen molar-refractivity contribution < 1.29 is 9.47 Å². The molecule has 1 saturated heterocycles. The molecule has 2 aliphatic rings. The summed E-state index contributed by atoms with van der Waals surface area (Å²) in [7, 11) is 0. The Kier molecular flexibility index (Phi) is 5.30. The zero-order valence-corrected chi connectivity index (χ0v) is 13.3. The van der Waals surface area contributed by atoms with Crippen molar-refractivity contribution in [1.29, 1.82) is 0 Å². The quantitative estimate of drug-likeness (QED) is 0.602. The van der Waals surface area contributed by atoms with Gasteiger partial charge in [-0.25, -0.2) is 0 Å². The predicted octanol–water partition coefficient (Wildman–Crippen LogP) is 4.57. The lowest BCUT2D eigenvalue weighted by atomic mass is 9.80. The van der Waals surface area contributed by atoms with Gasteiger partial charge in [0, 0.05) is 6.61 Å². The van der Waals surface area contributed by atoms with E-state index in [0.717, 1.165) is 12.5 Å². The smallest absolute Gasteiger partial charge is 0.0920 e. The van der Waals surface area contributed by atoms with Gasteiger partial charge in [-0.15, -0.1) is 0 Å². The van der Waals surface area contributed by atoms with Gasteiger partial charge in [-0.2, -0.15) is 0 Å². The van der Waals surface area contributed by atoms with Crippen molar-refractivity contribution in [3.8, 4) is 0 Å². The number of fused-ring (bicyclic) bond motifs is 1. The van der Waals surface area contributed by atoms with Crippen LogP contribution < -0.4 is 0 Å². The summed E-state index contributed by atoms with van der Waals surface area (Å²) < 4.78 is 12.0. The highest BCUT2D eigenvalue weighted by molar-refractivity contribution is 5.04. The third kappa shape index (κ3) is 3.95. The van der Waals surface area contributed by atoms with Gasteiger partial charge in [0.1, 0.15) is 0 Å². The Morgan fingerprint density at radius 3 is 2.79 bits per heavy atom. The monoisotopic (exact) mass is 268 g/mol. The normalized spacial score (nSPS) is 36.6. The molecule has 0 aromatic heterocycles. The zero-order chi connectivity index (χ0) is 13.9. The van der Waals surface area contributed by atoms with Gasteiger partial charge in [0.05, 0.1) is 17.8 Å². The van der Waals surface area contributed by atoms with E-state index in [-0.39, 0.29) is 5.60 Å². The summed E-state index contributed by atoms with van der Waals surface area (Å²) in [6, 6.07) is 0. The minimum absolute atomic E-state index is 0.239. The van der Waals surface area contributed by atoms with Gasteiger partial charge in [-0.1, -0.05) is 33.1 Å². The van der Waals surface area contributed by atoms with Crippen molar-refractivity contribution in [1.82, 2.24) is 0 Å².